The van der Waals surface area contributed by atoms with Crippen LogP contribution in [0, 0.1) is 0 Å². The van der Waals surface area contributed by atoms with Crippen molar-refractivity contribution in [2.45, 2.75) is 57.7 Å². The molecule has 1 aromatic carbocycles. The summed E-state index contributed by atoms with van der Waals surface area (Å²) < 4.78 is 0. The number of aliphatic imine (C=N–C) groups is 1. The molecule has 1 atom stereocenters. The maximum absolute atomic E-state index is 4.75. The summed E-state index contributed by atoms with van der Waals surface area (Å²) in [6.45, 7) is 6.16. The number of hydrogen-bond donors (Lipinski definition) is 2. The molecule has 1 aliphatic heterocycles. The lowest BCUT2D eigenvalue weighted by Gasteiger charge is -2.24. The topological polar surface area (TPSA) is 39.7 Å². The van der Waals surface area contributed by atoms with Crippen molar-refractivity contribution in [2.24, 2.45) is 4.99 Å². The van der Waals surface area contributed by atoms with Crippen LogP contribution in [0.15, 0.2) is 35.3 Å². The minimum atomic E-state index is 0.532. The van der Waals surface area contributed by atoms with Crippen molar-refractivity contribution >= 4 is 5.96 Å². The predicted molar refractivity (Wildman–Crippen MR) is 96.6 cm³/mol. The first-order valence-corrected chi connectivity index (χ1v) is 9.18. The highest BCUT2D eigenvalue weighted by atomic mass is 15.3. The number of rotatable bonds is 5. The molecule has 126 valence electrons. The molecule has 0 radical (unpaired) electrons. The summed E-state index contributed by atoms with van der Waals surface area (Å²) in [6.07, 6.45) is 6.86. The second-order valence-corrected chi connectivity index (χ2v) is 6.74. The van der Waals surface area contributed by atoms with Gasteiger partial charge in [0.1, 0.15) is 0 Å². The molecule has 1 heterocycles. The number of guanidine groups is 1. The van der Waals surface area contributed by atoms with Crippen LogP contribution < -0.4 is 10.6 Å². The summed E-state index contributed by atoms with van der Waals surface area (Å²) in [5.74, 6) is 0.953. The average Bonchev–Trinajstić information content (AvgIpc) is 3.25. The van der Waals surface area contributed by atoms with Crippen LogP contribution in [0.1, 0.15) is 44.6 Å². The van der Waals surface area contributed by atoms with Crippen molar-refractivity contribution in [3.8, 4) is 0 Å². The Kier molecular flexibility index (Phi) is 5.92. The van der Waals surface area contributed by atoms with Crippen molar-refractivity contribution in [1.82, 2.24) is 15.5 Å². The summed E-state index contributed by atoms with van der Waals surface area (Å²) >= 11 is 0. The first-order chi connectivity index (χ1) is 11.3. The molecule has 1 unspecified atom stereocenters. The third kappa shape index (κ3) is 4.71. The molecule has 3 rings (SSSR count). The summed E-state index contributed by atoms with van der Waals surface area (Å²) in [5, 5.41) is 7.02. The lowest BCUT2D eigenvalue weighted by Crippen LogP contribution is -2.45. The molecule has 1 aromatic rings. The van der Waals surface area contributed by atoms with Gasteiger partial charge in [0, 0.05) is 31.7 Å². The Balaban J connectivity index is 1.52. The van der Waals surface area contributed by atoms with Gasteiger partial charge in [0.05, 0.1) is 6.54 Å². The molecule has 2 fully saturated rings. The fourth-order valence-electron chi connectivity index (χ4n) is 3.77. The Morgan fingerprint density at radius 1 is 1.17 bits per heavy atom. The zero-order valence-electron chi connectivity index (χ0n) is 14.3. The maximum atomic E-state index is 4.75. The number of likely N-dealkylation sites (tertiary alicyclic amines) is 1. The fourth-order valence-corrected chi connectivity index (χ4v) is 3.77. The van der Waals surface area contributed by atoms with Gasteiger partial charge in [0.2, 0.25) is 0 Å². The Labute approximate surface area is 140 Å². The molecule has 1 aliphatic carbocycles. The van der Waals surface area contributed by atoms with Gasteiger partial charge in [-0.05, 0) is 31.7 Å². The van der Waals surface area contributed by atoms with Gasteiger partial charge in [-0.2, -0.15) is 0 Å². The van der Waals surface area contributed by atoms with Crippen molar-refractivity contribution in [3.05, 3.63) is 35.9 Å². The minimum Gasteiger partial charge on any atom is -0.357 e. The zero-order valence-corrected chi connectivity index (χ0v) is 14.3. The third-order valence-corrected chi connectivity index (χ3v) is 5.01. The molecule has 1 saturated carbocycles. The second-order valence-electron chi connectivity index (χ2n) is 6.74. The van der Waals surface area contributed by atoms with Gasteiger partial charge in [0.25, 0.3) is 0 Å². The quantitative estimate of drug-likeness (QED) is 0.648. The molecule has 0 aromatic heterocycles. The van der Waals surface area contributed by atoms with E-state index >= 15 is 0 Å². The van der Waals surface area contributed by atoms with E-state index in [9.17, 15) is 0 Å². The Hall–Kier alpha value is -1.55. The molecule has 0 spiro atoms. The maximum Gasteiger partial charge on any atom is 0.191 e. The van der Waals surface area contributed by atoms with E-state index in [0.717, 1.165) is 25.1 Å². The van der Waals surface area contributed by atoms with E-state index in [0.29, 0.717) is 6.04 Å². The highest BCUT2D eigenvalue weighted by Crippen LogP contribution is 2.26. The standard InChI is InChI=1S/C19H30N4/c1-2-20-19(21-14-16-8-4-3-5-9-16)22-17-12-13-23(15-17)18-10-6-7-11-18/h3-5,8-9,17-18H,2,6-7,10-15H2,1H3,(H2,20,21,22). The van der Waals surface area contributed by atoms with Gasteiger partial charge < -0.3 is 10.6 Å². The van der Waals surface area contributed by atoms with Crippen molar-refractivity contribution < 1.29 is 0 Å². The van der Waals surface area contributed by atoms with E-state index in [1.165, 1.54) is 50.8 Å². The summed E-state index contributed by atoms with van der Waals surface area (Å²) in [7, 11) is 0. The van der Waals surface area contributed by atoms with Gasteiger partial charge in [-0.1, -0.05) is 43.2 Å². The van der Waals surface area contributed by atoms with Gasteiger partial charge in [0.15, 0.2) is 5.96 Å². The summed E-state index contributed by atoms with van der Waals surface area (Å²) in [6, 6.07) is 11.8. The highest BCUT2D eigenvalue weighted by Gasteiger charge is 2.30. The second kappa shape index (κ2) is 8.34. The lowest BCUT2D eigenvalue weighted by molar-refractivity contribution is 0.242. The molecule has 0 amide bonds. The SMILES string of the molecule is CCNC(=NCc1ccccc1)NC1CCN(C2CCCC2)C1. The van der Waals surface area contributed by atoms with Crippen LogP contribution in [-0.2, 0) is 6.54 Å². The first kappa shape index (κ1) is 16.3. The molecule has 23 heavy (non-hydrogen) atoms. The van der Waals surface area contributed by atoms with Crippen LogP contribution in [0.4, 0.5) is 0 Å². The Morgan fingerprint density at radius 2 is 1.96 bits per heavy atom. The van der Waals surface area contributed by atoms with Crippen LogP contribution in [0.3, 0.4) is 0 Å². The van der Waals surface area contributed by atoms with Crippen molar-refractivity contribution in [2.75, 3.05) is 19.6 Å². The smallest absolute Gasteiger partial charge is 0.191 e. The molecule has 0 bridgehead atoms. The number of hydrogen-bond acceptors (Lipinski definition) is 2. The van der Waals surface area contributed by atoms with Gasteiger partial charge in [-0.3, -0.25) is 4.90 Å². The molecular weight excluding hydrogens is 284 g/mol. The monoisotopic (exact) mass is 314 g/mol. The minimum absolute atomic E-state index is 0.532. The molecule has 2 aliphatic rings. The zero-order chi connectivity index (χ0) is 15.9. The van der Waals surface area contributed by atoms with Gasteiger partial charge >= 0.3 is 0 Å². The van der Waals surface area contributed by atoms with Crippen LogP contribution in [0.2, 0.25) is 0 Å². The number of nitrogens with zero attached hydrogens (tertiary/aromatic N) is 2. The number of benzene rings is 1. The molecular formula is C19H30N4. The van der Waals surface area contributed by atoms with Gasteiger partial charge in [-0.25, -0.2) is 4.99 Å². The Bertz CT molecular complexity index is 493. The van der Waals surface area contributed by atoms with Crippen LogP contribution in [-0.4, -0.2) is 42.6 Å². The highest BCUT2D eigenvalue weighted by molar-refractivity contribution is 5.80. The first-order valence-electron chi connectivity index (χ1n) is 9.18. The van der Waals surface area contributed by atoms with E-state index in [4.69, 9.17) is 4.99 Å². The molecule has 1 saturated heterocycles. The predicted octanol–water partition coefficient (Wildman–Crippen LogP) is 2.76. The Morgan fingerprint density at radius 3 is 2.70 bits per heavy atom. The number of nitrogens with one attached hydrogen (secondary N) is 2. The molecule has 2 N–H and O–H groups in total. The van der Waals surface area contributed by atoms with Crippen LogP contribution in [0.25, 0.3) is 0 Å². The van der Waals surface area contributed by atoms with E-state index in [1.54, 1.807) is 0 Å². The lowest BCUT2D eigenvalue weighted by atomic mass is 10.2. The van der Waals surface area contributed by atoms with Crippen molar-refractivity contribution in [3.63, 3.8) is 0 Å². The fraction of sp³-hybridized carbons (Fsp3) is 0.632. The van der Waals surface area contributed by atoms with E-state index in [-0.39, 0.29) is 0 Å². The summed E-state index contributed by atoms with van der Waals surface area (Å²) in [5.41, 5.74) is 1.25. The van der Waals surface area contributed by atoms with E-state index < -0.39 is 0 Å². The molecule has 4 heteroatoms. The van der Waals surface area contributed by atoms with Crippen molar-refractivity contribution in [1.29, 1.82) is 0 Å². The van der Waals surface area contributed by atoms with E-state index in [2.05, 4.69) is 46.7 Å². The van der Waals surface area contributed by atoms with Crippen LogP contribution in [0.5, 0.6) is 0 Å². The third-order valence-electron chi connectivity index (χ3n) is 5.01. The normalized spacial score (nSPS) is 23.3. The van der Waals surface area contributed by atoms with Crippen LogP contribution >= 0.6 is 0 Å². The van der Waals surface area contributed by atoms with E-state index in [1.807, 2.05) is 6.07 Å². The average molecular weight is 314 g/mol. The largest absolute Gasteiger partial charge is 0.357 e. The molecule has 4 nitrogen and oxygen atoms in total. The summed E-state index contributed by atoms with van der Waals surface area (Å²) in [4.78, 5) is 7.43. The van der Waals surface area contributed by atoms with Gasteiger partial charge in [-0.15, -0.1) is 0 Å².